The molecule has 1 N–H and O–H groups in total. The third-order valence-corrected chi connectivity index (χ3v) is 3.74. The Hall–Kier alpha value is -0.120. The zero-order chi connectivity index (χ0) is 12.1. The van der Waals surface area contributed by atoms with Gasteiger partial charge < -0.3 is 15.1 Å². The van der Waals surface area contributed by atoms with Crippen molar-refractivity contribution in [2.45, 2.75) is 51.2 Å². The summed E-state index contributed by atoms with van der Waals surface area (Å²) in [5.74, 6) is 0. The quantitative estimate of drug-likeness (QED) is 0.766. The van der Waals surface area contributed by atoms with E-state index >= 15 is 0 Å². The number of piperidine rings is 1. The van der Waals surface area contributed by atoms with E-state index in [2.05, 4.69) is 50.1 Å². The molecule has 0 spiro atoms. The van der Waals surface area contributed by atoms with Crippen LogP contribution in [0.5, 0.6) is 0 Å². The smallest absolute Gasteiger partial charge is 0.00965 e. The van der Waals surface area contributed by atoms with Gasteiger partial charge in [0.05, 0.1) is 0 Å². The second-order valence-electron chi connectivity index (χ2n) is 5.71. The highest BCUT2D eigenvalue weighted by molar-refractivity contribution is 4.82. The van der Waals surface area contributed by atoms with Gasteiger partial charge in [-0.25, -0.2) is 0 Å². The van der Waals surface area contributed by atoms with Gasteiger partial charge in [0.15, 0.2) is 0 Å². The minimum Gasteiger partial charge on any atom is -0.311 e. The molecule has 3 heteroatoms. The third-order valence-electron chi connectivity index (χ3n) is 3.74. The van der Waals surface area contributed by atoms with Crippen LogP contribution in [0.1, 0.15) is 33.1 Å². The molecule has 0 aromatic rings. The van der Waals surface area contributed by atoms with Crippen molar-refractivity contribution in [3.63, 3.8) is 0 Å². The van der Waals surface area contributed by atoms with Crippen molar-refractivity contribution in [2.75, 3.05) is 34.2 Å². The topological polar surface area (TPSA) is 18.5 Å². The summed E-state index contributed by atoms with van der Waals surface area (Å²) in [5.41, 5.74) is 0. The van der Waals surface area contributed by atoms with Gasteiger partial charge in [-0.3, -0.25) is 0 Å². The predicted molar refractivity (Wildman–Crippen MR) is 70.9 cm³/mol. The van der Waals surface area contributed by atoms with Crippen LogP contribution >= 0.6 is 0 Å². The average Bonchev–Trinajstić information content (AvgIpc) is 2.21. The Kier molecular flexibility index (Phi) is 5.73. The monoisotopic (exact) mass is 227 g/mol. The summed E-state index contributed by atoms with van der Waals surface area (Å²) in [6.07, 6.45) is 3.84. The Bertz CT molecular complexity index is 194. The van der Waals surface area contributed by atoms with Crippen LogP contribution in [0.2, 0.25) is 0 Å². The summed E-state index contributed by atoms with van der Waals surface area (Å²) in [5, 5.41) is 3.77. The summed E-state index contributed by atoms with van der Waals surface area (Å²) in [6, 6.07) is 2.10. The first-order valence-electron chi connectivity index (χ1n) is 6.60. The molecule has 0 aliphatic carbocycles. The molecular weight excluding hydrogens is 198 g/mol. The Morgan fingerprint density at radius 2 is 2.12 bits per heavy atom. The standard InChI is InChI=1S/C13H29N3/c1-11(6-8-15(3)4)14-13-7-9-16(5)12(2)10-13/h11-14H,6-10H2,1-5H3. The van der Waals surface area contributed by atoms with Gasteiger partial charge in [-0.05, 0) is 67.3 Å². The molecule has 1 aliphatic heterocycles. The van der Waals surface area contributed by atoms with E-state index in [4.69, 9.17) is 0 Å². The first kappa shape index (κ1) is 13.9. The summed E-state index contributed by atoms with van der Waals surface area (Å²) < 4.78 is 0. The van der Waals surface area contributed by atoms with Crippen molar-refractivity contribution in [2.24, 2.45) is 0 Å². The second kappa shape index (κ2) is 6.58. The van der Waals surface area contributed by atoms with E-state index in [-0.39, 0.29) is 0 Å². The molecule has 0 amide bonds. The Balaban J connectivity index is 2.21. The van der Waals surface area contributed by atoms with Crippen LogP contribution in [0.25, 0.3) is 0 Å². The van der Waals surface area contributed by atoms with Gasteiger partial charge >= 0.3 is 0 Å². The fourth-order valence-corrected chi connectivity index (χ4v) is 2.38. The molecule has 16 heavy (non-hydrogen) atoms. The molecule has 1 aliphatic rings. The fraction of sp³-hybridized carbons (Fsp3) is 1.00. The van der Waals surface area contributed by atoms with Crippen molar-refractivity contribution in [1.82, 2.24) is 15.1 Å². The first-order chi connectivity index (χ1) is 7.49. The van der Waals surface area contributed by atoms with Crippen LogP contribution in [0.15, 0.2) is 0 Å². The van der Waals surface area contributed by atoms with Gasteiger partial charge in [-0.1, -0.05) is 0 Å². The minimum atomic E-state index is 0.642. The lowest BCUT2D eigenvalue weighted by molar-refractivity contribution is 0.161. The number of likely N-dealkylation sites (tertiary alicyclic amines) is 1. The number of hydrogen-bond donors (Lipinski definition) is 1. The van der Waals surface area contributed by atoms with Crippen molar-refractivity contribution in [3.05, 3.63) is 0 Å². The maximum absolute atomic E-state index is 3.77. The summed E-state index contributed by atoms with van der Waals surface area (Å²) in [6.45, 7) is 7.06. The van der Waals surface area contributed by atoms with Gasteiger partial charge in [0, 0.05) is 18.1 Å². The lowest BCUT2D eigenvalue weighted by Crippen LogP contribution is -2.48. The normalized spacial score (nSPS) is 29.6. The molecule has 0 radical (unpaired) electrons. The van der Waals surface area contributed by atoms with Crippen LogP contribution in [0.3, 0.4) is 0 Å². The molecule has 3 atom stereocenters. The van der Waals surface area contributed by atoms with Crippen LogP contribution < -0.4 is 5.32 Å². The van der Waals surface area contributed by atoms with E-state index in [1.807, 2.05) is 0 Å². The predicted octanol–water partition coefficient (Wildman–Crippen LogP) is 1.40. The highest BCUT2D eigenvalue weighted by Crippen LogP contribution is 2.16. The SMILES string of the molecule is CC(CCN(C)C)NC1CCN(C)C(C)C1. The lowest BCUT2D eigenvalue weighted by Gasteiger charge is -2.36. The van der Waals surface area contributed by atoms with Crippen molar-refractivity contribution >= 4 is 0 Å². The van der Waals surface area contributed by atoms with Crippen molar-refractivity contribution < 1.29 is 0 Å². The van der Waals surface area contributed by atoms with Crippen molar-refractivity contribution in [3.8, 4) is 0 Å². The van der Waals surface area contributed by atoms with E-state index in [1.165, 1.54) is 32.4 Å². The molecule has 3 unspecified atom stereocenters. The Morgan fingerprint density at radius 1 is 1.44 bits per heavy atom. The molecule has 96 valence electrons. The molecule has 1 heterocycles. The van der Waals surface area contributed by atoms with Crippen LogP contribution in [0.4, 0.5) is 0 Å². The molecule has 1 rings (SSSR count). The molecule has 0 bridgehead atoms. The molecule has 0 aromatic carbocycles. The zero-order valence-corrected chi connectivity index (χ0v) is 11.7. The molecule has 0 saturated carbocycles. The molecule has 0 aromatic heterocycles. The number of hydrogen-bond acceptors (Lipinski definition) is 3. The number of nitrogens with zero attached hydrogens (tertiary/aromatic N) is 2. The lowest BCUT2D eigenvalue weighted by atomic mass is 9.98. The average molecular weight is 227 g/mol. The first-order valence-corrected chi connectivity index (χ1v) is 6.60. The summed E-state index contributed by atoms with van der Waals surface area (Å²) >= 11 is 0. The van der Waals surface area contributed by atoms with E-state index in [9.17, 15) is 0 Å². The van der Waals surface area contributed by atoms with Gasteiger partial charge in [0.1, 0.15) is 0 Å². The van der Waals surface area contributed by atoms with Crippen LogP contribution in [0, 0.1) is 0 Å². The minimum absolute atomic E-state index is 0.642. The van der Waals surface area contributed by atoms with E-state index in [0.29, 0.717) is 6.04 Å². The largest absolute Gasteiger partial charge is 0.311 e. The maximum Gasteiger partial charge on any atom is 0.00965 e. The third kappa shape index (κ3) is 4.81. The summed E-state index contributed by atoms with van der Waals surface area (Å²) in [4.78, 5) is 4.72. The second-order valence-corrected chi connectivity index (χ2v) is 5.71. The van der Waals surface area contributed by atoms with Gasteiger partial charge in [-0.15, -0.1) is 0 Å². The van der Waals surface area contributed by atoms with E-state index in [0.717, 1.165) is 12.1 Å². The highest BCUT2D eigenvalue weighted by Gasteiger charge is 2.23. The maximum atomic E-state index is 3.77. The highest BCUT2D eigenvalue weighted by atomic mass is 15.1. The van der Waals surface area contributed by atoms with Crippen molar-refractivity contribution in [1.29, 1.82) is 0 Å². The Morgan fingerprint density at radius 3 is 2.69 bits per heavy atom. The van der Waals surface area contributed by atoms with E-state index < -0.39 is 0 Å². The van der Waals surface area contributed by atoms with Gasteiger partial charge in [-0.2, -0.15) is 0 Å². The number of rotatable bonds is 5. The fourth-order valence-electron chi connectivity index (χ4n) is 2.38. The molecule has 1 saturated heterocycles. The summed E-state index contributed by atoms with van der Waals surface area (Å²) in [7, 11) is 6.52. The van der Waals surface area contributed by atoms with Crippen LogP contribution in [-0.2, 0) is 0 Å². The molecule has 1 fully saturated rings. The molecular formula is C13H29N3. The molecule has 3 nitrogen and oxygen atoms in total. The Labute approximate surface area is 101 Å². The number of nitrogens with one attached hydrogen (secondary N) is 1. The van der Waals surface area contributed by atoms with Gasteiger partial charge in [0.25, 0.3) is 0 Å². The van der Waals surface area contributed by atoms with E-state index in [1.54, 1.807) is 0 Å². The zero-order valence-electron chi connectivity index (χ0n) is 11.7. The van der Waals surface area contributed by atoms with Crippen LogP contribution in [-0.4, -0.2) is 62.2 Å². The van der Waals surface area contributed by atoms with Gasteiger partial charge in [0.2, 0.25) is 0 Å².